The van der Waals surface area contributed by atoms with Gasteiger partial charge in [-0.15, -0.1) is 11.8 Å². The molecule has 0 aliphatic carbocycles. The van der Waals surface area contributed by atoms with Gasteiger partial charge in [0.2, 0.25) is 5.91 Å². The second-order valence-electron chi connectivity index (χ2n) is 7.73. The largest absolute Gasteiger partial charge is 0.496 e. The molecule has 2 atom stereocenters. The molecule has 6 heteroatoms. The zero-order valence-corrected chi connectivity index (χ0v) is 19.0. The highest BCUT2D eigenvalue weighted by molar-refractivity contribution is 8.00. The molecular weight excluding hydrogens is 420 g/mol. The van der Waals surface area contributed by atoms with Gasteiger partial charge in [0.25, 0.3) is 5.91 Å². The van der Waals surface area contributed by atoms with Crippen LogP contribution in [0.3, 0.4) is 0 Å². The van der Waals surface area contributed by atoms with E-state index in [9.17, 15) is 9.59 Å². The van der Waals surface area contributed by atoms with Crippen LogP contribution in [0.2, 0.25) is 0 Å². The number of nitrogens with zero attached hydrogens (tertiary/aromatic N) is 1. The average Bonchev–Trinajstić information content (AvgIpc) is 3.19. The molecule has 1 saturated heterocycles. The summed E-state index contributed by atoms with van der Waals surface area (Å²) in [6.45, 7) is 2.52. The smallest absolute Gasteiger partial charge is 0.251 e. The minimum atomic E-state index is -0.192. The zero-order valence-electron chi connectivity index (χ0n) is 18.2. The lowest BCUT2D eigenvalue weighted by atomic mass is 10.1. The Bertz CT molecular complexity index is 1090. The van der Waals surface area contributed by atoms with E-state index in [4.69, 9.17) is 4.74 Å². The van der Waals surface area contributed by atoms with E-state index in [1.807, 2.05) is 90.7 Å². The van der Waals surface area contributed by atoms with Gasteiger partial charge in [0, 0.05) is 17.7 Å². The number of ether oxygens (including phenoxy) is 1. The molecule has 0 radical (unpaired) electrons. The monoisotopic (exact) mass is 446 g/mol. The molecule has 0 spiro atoms. The Hall–Kier alpha value is -3.25. The van der Waals surface area contributed by atoms with E-state index < -0.39 is 0 Å². The lowest BCUT2D eigenvalue weighted by Gasteiger charge is -2.24. The topological polar surface area (TPSA) is 58.6 Å². The first-order valence-electron chi connectivity index (χ1n) is 10.6. The highest BCUT2D eigenvalue weighted by atomic mass is 32.2. The molecule has 164 valence electrons. The molecule has 1 N–H and O–H groups in total. The fraction of sp³-hybridized carbons (Fsp3) is 0.231. The van der Waals surface area contributed by atoms with Gasteiger partial charge in [-0.2, -0.15) is 0 Å². The molecule has 5 nitrogen and oxygen atoms in total. The highest BCUT2D eigenvalue weighted by Gasteiger charge is 2.32. The number of hydrogen-bond acceptors (Lipinski definition) is 4. The summed E-state index contributed by atoms with van der Waals surface area (Å²) in [5.74, 6) is 1.20. The number of para-hydroxylation sites is 1. The number of amides is 2. The molecule has 0 saturated carbocycles. The van der Waals surface area contributed by atoms with Crippen molar-refractivity contribution in [2.75, 3.05) is 12.9 Å². The van der Waals surface area contributed by atoms with E-state index in [1.54, 1.807) is 18.9 Å². The Morgan fingerprint density at radius 3 is 2.47 bits per heavy atom. The zero-order chi connectivity index (χ0) is 22.5. The maximum atomic E-state index is 12.8. The Morgan fingerprint density at radius 2 is 1.75 bits per heavy atom. The predicted molar refractivity (Wildman–Crippen MR) is 128 cm³/mol. The van der Waals surface area contributed by atoms with Crippen molar-refractivity contribution in [2.24, 2.45) is 0 Å². The van der Waals surface area contributed by atoms with Crippen LogP contribution in [0.25, 0.3) is 0 Å². The standard InChI is InChI=1S/C26H26N2O3S/c1-18(22-10-6-7-11-23(22)31-2)27-25(30)20-12-14-21(15-13-20)26-28(24(29)17-32-26)16-19-8-4-3-5-9-19/h3-15,18,26H,16-17H2,1-2H3,(H,27,30)/t18-,26-/m1/s1. The van der Waals surface area contributed by atoms with Crippen molar-refractivity contribution in [3.8, 4) is 5.75 Å². The molecule has 2 amide bonds. The van der Waals surface area contributed by atoms with Crippen LogP contribution in [-0.4, -0.2) is 29.6 Å². The maximum Gasteiger partial charge on any atom is 0.251 e. The first kappa shape index (κ1) is 22.0. The molecule has 3 aromatic rings. The Balaban J connectivity index is 1.45. The summed E-state index contributed by atoms with van der Waals surface area (Å²) in [4.78, 5) is 27.2. The van der Waals surface area contributed by atoms with Crippen LogP contribution in [0.4, 0.5) is 0 Å². The first-order chi connectivity index (χ1) is 15.6. The van der Waals surface area contributed by atoms with E-state index in [0.29, 0.717) is 17.9 Å². The Labute approximate surface area is 192 Å². The number of methoxy groups -OCH3 is 1. The lowest BCUT2D eigenvalue weighted by molar-refractivity contribution is -0.128. The minimum absolute atomic E-state index is 0.0488. The number of benzene rings is 3. The summed E-state index contributed by atoms with van der Waals surface area (Å²) in [7, 11) is 1.62. The van der Waals surface area contributed by atoms with Crippen LogP contribution in [0.5, 0.6) is 5.75 Å². The van der Waals surface area contributed by atoms with Crippen molar-refractivity contribution in [3.05, 3.63) is 101 Å². The molecular formula is C26H26N2O3S. The molecule has 3 aromatic carbocycles. The van der Waals surface area contributed by atoms with Crippen molar-refractivity contribution in [1.82, 2.24) is 10.2 Å². The number of hydrogen-bond donors (Lipinski definition) is 1. The molecule has 32 heavy (non-hydrogen) atoms. The Kier molecular flexibility index (Phi) is 6.81. The number of rotatable bonds is 7. The van der Waals surface area contributed by atoms with Gasteiger partial charge in [0.1, 0.15) is 11.1 Å². The highest BCUT2D eigenvalue weighted by Crippen LogP contribution is 2.39. The molecule has 4 rings (SSSR count). The first-order valence-corrected chi connectivity index (χ1v) is 11.6. The van der Waals surface area contributed by atoms with Gasteiger partial charge < -0.3 is 15.0 Å². The van der Waals surface area contributed by atoms with Gasteiger partial charge >= 0.3 is 0 Å². The normalized spacial score (nSPS) is 16.6. The van der Waals surface area contributed by atoms with Crippen molar-refractivity contribution in [3.63, 3.8) is 0 Å². The van der Waals surface area contributed by atoms with Crippen LogP contribution in [0.1, 0.15) is 45.4 Å². The maximum absolute atomic E-state index is 12.8. The van der Waals surface area contributed by atoms with Crippen LogP contribution in [0, 0.1) is 0 Å². The van der Waals surface area contributed by atoms with Crippen molar-refractivity contribution >= 4 is 23.6 Å². The summed E-state index contributed by atoms with van der Waals surface area (Å²) < 4.78 is 5.40. The van der Waals surface area contributed by atoms with E-state index in [1.165, 1.54) is 0 Å². The van der Waals surface area contributed by atoms with E-state index in [0.717, 1.165) is 22.4 Å². The molecule has 1 aliphatic rings. The second-order valence-corrected chi connectivity index (χ2v) is 8.80. The number of nitrogens with one attached hydrogen (secondary N) is 1. The van der Waals surface area contributed by atoms with E-state index in [2.05, 4.69) is 5.32 Å². The second kappa shape index (κ2) is 9.92. The minimum Gasteiger partial charge on any atom is -0.496 e. The third-order valence-electron chi connectivity index (χ3n) is 5.57. The van der Waals surface area contributed by atoms with Gasteiger partial charge in [0.05, 0.1) is 18.9 Å². The molecule has 1 fully saturated rings. The van der Waals surface area contributed by atoms with Gasteiger partial charge in [-0.25, -0.2) is 0 Å². The summed E-state index contributed by atoms with van der Waals surface area (Å²) in [6.07, 6.45) is 0. The van der Waals surface area contributed by atoms with Crippen LogP contribution >= 0.6 is 11.8 Å². The van der Waals surface area contributed by atoms with Crippen molar-refractivity contribution < 1.29 is 14.3 Å². The summed E-state index contributed by atoms with van der Waals surface area (Å²) in [5, 5.41) is 2.99. The number of carbonyl (C=O) groups is 2. The molecule has 0 bridgehead atoms. The summed E-state index contributed by atoms with van der Waals surface area (Å²) in [6, 6.07) is 25.0. The predicted octanol–water partition coefficient (Wildman–Crippen LogP) is 4.96. The number of thioether (sulfide) groups is 1. The quantitative estimate of drug-likeness (QED) is 0.557. The summed E-state index contributed by atoms with van der Waals surface area (Å²) >= 11 is 1.62. The fourth-order valence-electron chi connectivity index (χ4n) is 3.86. The van der Waals surface area contributed by atoms with Gasteiger partial charge in [-0.3, -0.25) is 9.59 Å². The SMILES string of the molecule is COc1ccccc1[C@@H](C)NC(=O)c1ccc([C@H]2SCC(=O)N2Cc2ccccc2)cc1. The average molecular weight is 447 g/mol. The van der Waals surface area contributed by atoms with E-state index in [-0.39, 0.29) is 23.2 Å². The summed E-state index contributed by atoms with van der Waals surface area (Å²) in [5.41, 5.74) is 3.64. The van der Waals surface area contributed by atoms with Gasteiger partial charge in [-0.05, 0) is 36.2 Å². The van der Waals surface area contributed by atoms with E-state index >= 15 is 0 Å². The van der Waals surface area contributed by atoms with Gasteiger partial charge in [0.15, 0.2) is 0 Å². The van der Waals surface area contributed by atoms with Crippen molar-refractivity contribution in [1.29, 1.82) is 0 Å². The third-order valence-corrected chi connectivity index (χ3v) is 6.83. The fourth-order valence-corrected chi connectivity index (χ4v) is 5.05. The molecule has 0 unspecified atom stereocenters. The van der Waals surface area contributed by atoms with Crippen molar-refractivity contribution in [2.45, 2.75) is 24.9 Å². The van der Waals surface area contributed by atoms with Crippen LogP contribution in [0.15, 0.2) is 78.9 Å². The molecule has 1 aliphatic heterocycles. The lowest BCUT2D eigenvalue weighted by Crippen LogP contribution is -2.28. The molecule has 0 aromatic heterocycles. The molecule has 1 heterocycles. The number of carbonyl (C=O) groups excluding carboxylic acids is 2. The third kappa shape index (κ3) is 4.81. The van der Waals surface area contributed by atoms with Gasteiger partial charge in [-0.1, -0.05) is 60.7 Å². The Morgan fingerprint density at radius 1 is 1.06 bits per heavy atom. The van der Waals surface area contributed by atoms with Crippen LogP contribution in [-0.2, 0) is 11.3 Å². The van der Waals surface area contributed by atoms with Crippen LogP contribution < -0.4 is 10.1 Å².